The molecule has 1 aliphatic heterocycles. The number of nitrogens with zero attached hydrogens (tertiary/aromatic N) is 2. The van der Waals surface area contributed by atoms with Gasteiger partial charge in [-0.05, 0) is 25.7 Å². The molecule has 1 saturated heterocycles. The molecule has 17 heavy (non-hydrogen) atoms. The minimum atomic E-state index is -3.05. The highest BCUT2D eigenvalue weighted by Gasteiger charge is 2.42. The first kappa shape index (κ1) is 11.5. The molecular formula is C11H18N2O3S. The van der Waals surface area contributed by atoms with Gasteiger partial charge in [0.15, 0.2) is 0 Å². The van der Waals surface area contributed by atoms with Crippen molar-refractivity contribution in [1.82, 2.24) is 9.21 Å². The van der Waals surface area contributed by atoms with E-state index >= 15 is 0 Å². The molecular weight excluding hydrogens is 240 g/mol. The number of carbonyl (C=O) groups is 1. The maximum atomic E-state index is 12.0. The van der Waals surface area contributed by atoms with Gasteiger partial charge in [0.05, 0.1) is 5.25 Å². The van der Waals surface area contributed by atoms with Gasteiger partial charge in [-0.1, -0.05) is 0 Å². The number of rotatable bonds is 3. The lowest BCUT2D eigenvalue weighted by Crippen LogP contribution is -2.51. The van der Waals surface area contributed by atoms with Gasteiger partial charge in [-0.15, -0.1) is 0 Å². The van der Waals surface area contributed by atoms with Crippen LogP contribution in [0.15, 0.2) is 0 Å². The zero-order valence-corrected chi connectivity index (χ0v) is 10.7. The van der Waals surface area contributed by atoms with Gasteiger partial charge in [0.1, 0.15) is 0 Å². The summed E-state index contributed by atoms with van der Waals surface area (Å²) >= 11 is 0. The van der Waals surface area contributed by atoms with Crippen LogP contribution in [-0.2, 0) is 14.8 Å². The summed E-state index contributed by atoms with van der Waals surface area (Å²) in [5.41, 5.74) is 0. The molecule has 5 nitrogen and oxygen atoms in total. The lowest BCUT2D eigenvalue weighted by Gasteiger charge is -2.34. The van der Waals surface area contributed by atoms with Crippen molar-refractivity contribution in [2.75, 3.05) is 26.2 Å². The number of hydrogen-bond donors (Lipinski definition) is 0. The highest BCUT2D eigenvalue weighted by molar-refractivity contribution is 7.90. The van der Waals surface area contributed by atoms with Crippen molar-refractivity contribution in [3.8, 4) is 0 Å². The third-order valence-corrected chi connectivity index (χ3v) is 6.18. The van der Waals surface area contributed by atoms with Gasteiger partial charge in [-0.3, -0.25) is 4.79 Å². The summed E-state index contributed by atoms with van der Waals surface area (Å²) in [7, 11) is -3.05. The van der Waals surface area contributed by atoms with E-state index in [1.54, 1.807) is 4.31 Å². The van der Waals surface area contributed by atoms with Gasteiger partial charge in [0.25, 0.3) is 0 Å². The predicted octanol–water partition coefficient (Wildman–Crippen LogP) is 0.0328. The molecule has 0 N–H and O–H groups in total. The Balaban J connectivity index is 1.58. The largest absolute Gasteiger partial charge is 0.340 e. The van der Waals surface area contributed by atoms with E-state index in [0.717, 1.165) is 25.7 Å². The lowest BCUT2D eigenvalue weighted by atomic mass is 10.3. The lowest BCUT2D eigenvalue weighted by molar-refractivity contribution is -0.133. The summed E-state index contributed by atoms with van der Waals surface area (Å²) in [6, 6.07) is 0. The molecule has 0 atom stereocenters. The zero-order chi connectivity index (χ0) is 12.0. The van der Waals surface area contributed by atoms with Crippen LogP contribution in [0, 0.1) is 5.92 Å². The molecule has 0 spiro atoms. The fourth-order valence-electron chi connectivity index (χ4n) is 2.33. The fraction of sp³-hybridized carbons (Fsp3) is 0.909. The van der Waals surface area contributed by atoms with E-state index < -0.39 is 10.0 Å². The fourth-order valence-corrected chi connectivity index (χ4v) is 4.15. The van der Waals surface area contributed by atoms with E-state index in [0.29, 0.717) is 26.2 Å². The third kappa shape index (κ3) is 2.20. The van der Waals surface area contributed by atoms with E-state index in [-0.39, 0.29) is 17.1 Å². The highest BCUT2D eigenvalue weighted by atomic mass is 32.2. The monoisotopic (exact) mass is 258 g/mol. The number of sulfonamides is 1. The predicted molar refractivity (Wildman–Crippen MR) is 62.8 cm³/mol. The van der Waals surface area contributed by atoms with Crippen LogP contribution in [0.1, 0.15) is 25.7 Å². The maximum absolute atomic E-state index is 12.0. The van der Waals surface area contributed by atoms with Crippen LogP contribution < -0.4 is 0 Å². The van der Waals surface area contributed by atoms with Crippen molar-refractivity contribution in [2.45, 2.75) is 30.9 Å². The number of hydrogen-bond acceptors (Lipinski definition) is 3. The molecule has 0 unspecified atom stereocenters. The Labute approximate surface area is 102 Å². The molecule has 96 valence electrons. The summed E-state index contributed by atoms with van der Waals surface area (Å²) in [5, 5.41) is -0.131. The van der Waals surface area contributed by atoms with Gasteiger partial charge in [0, 0.05) is 32.1 Å². The molecule has 1 amide bonds. The Kier molecular flexibility index (Phi) is 2.66. The second kappa shape index (κ2) is 3.95. The minimum Gasteiger partial charge on any atom is -0.340 e. The van der Waals surface area contributed by atoms with Crippen molar-refractivity contribution in [3.05, 3.63) is 0 Å². The summed E-state index contributed by atoms with van der Waals surface area (Å²) in [6.45, 7) is 2.11. The van der Waals surface area contributed by atoms with Gasteiger partial charge < -0.3 is 4.90 Å². The van der Waals surface area contributed by atoms with Crippen molar-refractivity contribution in [3.63, 3.8) is 0 Å². The Morgan fingerprint density at radius 1 is 0.941 bits per heavy atom. The van der Waals surface area contributed by atoms with E-state index in [9.17, 15) is 13.2 Å². The van der Waals surface area contributed by atoms with Gasteiger partial charge >= 0.3 is 0 Å². The summed E-state index contributed by atoms with van der Waals surface area (Å²) in [4.78, 5) is 13.7. The van der Waals surface area contributed by atoms with Crippen LogP contribution >= 0.6 is 0 Å². The molecule has 6 heteroatoms. The van der Waals surface area contributed by atoms with E-state index in [1.165, 1.54) is 0 Å². The van der Waals surface area contributed by atoms with Crippen molar-refractivity contribution in [1.29, 1.82) is 0 Å². The Morgan fingerprint density at radius 2 is 1.53 bits per heavy atom. The standard InChI is InChI=1S/C11H18N2O3S/c14-11(9-1-2-9)12-5-7-13(8-6-12)17(15,16)10-3-4-10/h9-10H,1-8H2. The van der Waals surface area contributed by atoms with Crippen LogP contribution in [0.4, 0.5) is 0 Å². The van der Waals surface area contributed by atoms with Crippen molar-refractivity contribution in [2.24, 2.45) is 5.92 Å². The first-order chi connectivity index (χ1) is 8.09. The first-order valence-corrected chi connectivity index (χ1v) is 7.87. The molecule has 0 bridgehead atoms. The Morgan fingerprint density at radius 3 is 2.00 bits per heavy atom. The van der Waals surface area contributed by atoms with Crippen molar-refractivity contribution < 1.29 is 13.2 Å². The topological polar surface area (TPSA) is 57.7 Å². The molecule has 3 rings (SSSR count). The second-order valence-corrected chi connectivity index (χ2v) is 7.46. The zero-order valence-electron chi connectivity index (χ0n) is 9.84. The van der Waals surface area contributed by atoms with Gasteiger partial charge in [-0.25, -0.2) is 8.42 Å². The molecule has 2 aliphatic carbocycles. The molecule has 3 aliphatic rings. The molecule has 1 heterocycles. The minimum absolute atomic E-state index is 0.131. The van der Waals surface area contributed by atoms with Crippen LogP contribution in [0.5, 0.6) is 0 Å². The highest BCUT2D eigenvalue weighted by Crippen LogP contribution is 2.33. The first-order valence-electron chi connectivity index (χ1n) is 6.37. The van der Waals surface area contributed by atoms with Gasteiger partial charge in [-0.2, -0.15) is 4.31 Å². The number of carbonyl (C=O) groups excluding carboxylic acids is 1. The maximum Gasteiger partial charge on any atom is 0.225 e. The van der Waals surface area contributed by atoms with E-state index in [4.69, 9.17) is 0 Å². The van der Waals surface area contributed by atoms with E-state index in [1.807, 2.05) is 4.90 Å². The summed E-state index contributed by atoms with van der Waals surface area (Å²) in [5.74, 6) is 0.468. The van der Waals surface area contributed by atoms with Crippen LogP contribution in [-0.4, -0.2) is 55.0 Å². The average Bonchev–Trinajstić information content (AvgIpc) is 3.20. The number of amides is 1. The SMILES string of the molecule is O=C(C1CC1)N1CCN(S(=O)(=O)C2CC2)CC1. The Hall–Kier alpha value is -0.620. The summed E-state index contributed by atoms with van der Waals surface area (Å²) < 4.78 is 25.6. The summed E-state index contributed by atoms with van der Waals surface area (Å²) in [6.07, 6.45) is 3.64. The van der Waals surface area contributed by atoms with Crippen molar-refractivity contribution >= 4 is 15.9 Å². The molecule has 0 aromatic rings. The smallest absolute Gasteiger partial charge is 0.225 e. The number of piperazine rings is 1. The van der Waals surface area contributed by atoms with Crippen LogP contribution in [0.2, 0.25) is 0 Å². The van der Waals surface area contributed by atoms with Crippen LogP contribution in [0.25, 0.3) is 0 Å². The molecule has 3 fully saturated rings. The normalized spacial score (nSPS) is 27.2. The molecule has 0 aromatic heterocycles. The molecule has 0 aromatic carbocycles. The molecule has 2 saturated carbocycles. The molecule has 0 radical (unpaired) electrons. The quantitative estimate of drug-likeness (QED) is 0.718. The Bertz CT molecular complexity index is 418. The van der Waals surface area contributed by atoms with E-state index in [2.05, 4.69) is 0 Å². The second-order valence-electron chi connectivity index (χ2n) is 5.24. The van der Waals surface area contributed by atoms with Crippen LogP contribution in [0.3, 0.4) is 0 Å². The third-order valence-electron chi connectivity index (χ3n) is 3.78. The van der Waals surface area contributed by atoms with Gasteiger partial charge in [0.2, 0.25) is 15.9 Å². The average molecular weight is 258 g/mol.